The Kier molecular flexibility index (Phi) is 6.17. The van der Waals surface area contributed by atoms with Gasteiger partial charge in [0.25, 0.3) is 0 Å². The van der Waals surface area contributed by atoms with Gasteiger partial charge in [-0.1, -0.05) is 51.5 Å². The van der Waals surface area contributed by atoms with Gasteiger partial charge in [0.05, 0.1) is 0 Å². The van der Waals surface area contributed by atoms with Crippen LogP contribution in [0.25, 0.3) is 0 Å². The zero-order valence-electron chi connectivity index (χ0n) is 11.0. The third kappa shape index (κ3) is 4.36. The van der Waals surface area contributed by atoms with Crippen LogP contribution in [0, 0.1) is 0 Å². The van der Waals surface area contributed by atoms with E-state index in [9.17, 15) is 0 Å². The van der Waals surface area contributed by atoms with Crippen LogP contribution < -0.4 is 0 Å². The maximum atomic E-state index is 2.46. The van der Waals surface area contributed by atoms with Crippen LogP contribution >= 0.6 is 0 Å². The Bertz CT molecular complexity index is 289. The highest BCUT2D eigenvalue weighted by Crippen LogP contribution is 2.10. The molecular formula is C15H25N. The molecule has 0 unspecified atom stereocenters. The van der Waals surface area contributed by atoms with Gasteiger partial charge in [-0.3, -0.25) is 4.90 Å². The van der Waals surface area contributed by atoms with Crippen LogP contribution in [0.5, 0.6) is 0 Å². The first-order chi connectivity index (χ1) is 7.80. The lowest BCUT2D eigenvalue weighted by Crippen LogP contribution is -2.22. The van der Waals surface area contributed by atoms with Crippen molar-refractivity contribution in [1.29, 1.82) is 0 Å². The molecule has 0 atom stereocenters. The summed E-state index contributed by atoms with van der Waals surface area (Å²) >= 11 is 0. The monoisotopic (exact) mass is 219 g/mol. The van der Waals surface area contributed by atoms with E-state index < -0.39 is 0 Å². The molecule has 0 radical (unpaired) electrons. The van der Waals surface area contributed by atoms with Crippen molar-refractivity contribution in [2.75, 3.05) is 13.1 Å². The highest BCUT2D eigenvalue weighted by atomic mass is 15.1. The summed E-state index contributed by atoms with van der Waals surface area (Å²) in [6, 6.07) is 9.06. The minimum atomic E-state index is 1.09. The summed E-state index contributed by atoms with van der Waals surface area (Å²) in [7, 11) is 0. The van der Waals surface area contributed by atoms with Crippen LogP contribution in [-0.4, -0.2) is 18.0 Å². The van der Waals surface area contributed by atoms with E-state index in [0.717, 1.165) is 19.6 Å². The first-order valence-corrected chi connectivity index (χ1v) is 6.60. The number of aryl methyl sites for hydroxylation is 1. The minimum Gasteiger partial charge on any atom is -0.300 e. The van der Waals surface area contributed by atoms with Crippen LogP contribution in [0.1, 0.15) is 44.7 Å². The smallest absolute Gasteiger partial charge is 0.0233 e. The summed E-state index contributed by atoms with van der Waals surface area (Å²) in [5, 5.41) is 0. The molecule has 0 aliphatic heterocycles. The van der Waals surface area contributed by atoms with Gasteiger partial charge >= 0.3 is 0 Å². The zero-order chi connectivity index (χ0) is 11.8. The molecule has 1 nitrogen and oxygen atoms in total. The molecule has 0 N–H and O–H groups in total. The lowest BCUT2D eigenvalue weighted by molar-refractivity contribution is 0.296. The van der Waals surface area contributed by atoms with Gasteiger partial charge in [0.2, 0.25) is 0 Å². The fourth-order valence-corrected chi connectivity index (χ4v) is 1.97. The lowest BCUT2D eigenvalue weighted by atomic mass is 10.1. The summed E-state index contributed by atoms with van der Waals surface area (Å²) in [6.45, 7) is 10.1. The number of hydrogen-bond acceptors (Lipinski definition) is 1. The van der Waals surface area contributed by atoms with Gasteiger partial charge in [-0.2, -0.15) is 0 Å². The number of unbranched alkanes of at least 4 members (excludes halogenated alkanes) is 1. The van der Waals surface area contributed by atoms with Gasteiger partial charge in [0.1, 0.15) is 0 Å². The van der Waals surface area contributed by atoms with Gasteiger partial charge in [0.15, 0.2) is 0 Å². The van der Waals surface area contributed by atoms with Crippen molar-refractivity contribution in [3.05, 3.63) is 35.4 Å². The highest BCUT2D eigenvalue weighted by Gasteiger charge is 2.01. The van der Waals surface area contributed by atoms with Crippen molar-refractivity contribution >= 4 is 0 Å². The van der Waals surface area contributed by atoms with E-state index in [0.29, 0.717) is 0 Å². The van der Waals surface area contributed by atoms with Crippen molar-refractivity contribution < 1.29 is 0 Å². The van der Waals surface area contributed by atoms with Crippen LogP contribution in [0.3, 0.4) is 0 Å². The average Bonchev–Trinajstić information content (AvgIpc) is 2.34. The predicted octanol–water partition coefficient (Wildman–Crippen LogP) is 3.87. The average molecular weight is 219 g/mol. The molecule has 0 saturated heterocycles. The third-order valence-electron chi connectivity index (χ3n) is 3.11. The lowest BCUT2D eigenvalue weighted by Gasteiger charge is -2.18. The van der Waals surface area contributed by atoms with E-state index >= 15 is 0 Å². The summed E-state index contributed by atoms with van der Waals surface area (Å²) in [5.74, 6) is 0. The van der Waals surface area contributed by atoms with E-state index in [1.54, 1.807) is 0 Å². The van der Waals surface area contributed by atoms with Gasteiger partial charge in [0, 0.05) is 6.54 Å². The number of rotatable bonds is 7. The van der Waals surface area contributed by atoms with E-state index in [1.807, 2.05) is 0 Å². The number of benzene rings is 1. The Labute approximate surface area is 100 Å². The molecule has 1 aromatic rings. The zero-order valence-corrected chi connectivity index (χ0v) is 11.0. The van der Waals surface area contributed by atoms with Crippen molar-refractivity contribution in [3.8, 4) is 0 Å². The van der Waals surface area contributed by atoms with Gasteiger partial charge < -0.3 is 0 Å². The first-order valence-electron chi connectivity index (χ1n) is 6.60. The van der Waals surface area contributed by atoms with E-state index in [-0.39, 0.29) is 0 Å². The Hall–Kier alpha value is -0.820. The number of nitrogens with zero attached hydrogens (tertiary/aromatic N) is 1. The molecule has 0 saturated carbocycles. The van der Waals surface area contributed by atoms with Crippen LogP contribution in [-0.2, 0) is 13.0 Å². The quantitative estimate of drug-likeness (QED) is 0.673. The van der Waals surface area contributed by atoms with Crippen molar-refractivity contribution in [3.63, 3.8) is 0 Å². The van der Waals surface area contributed by atoms with Gasteiger partial charge in [-0.15, -0.1) is 0 Å². The molecular weight excluding hydrogens is 194 g/mol. The molecule has 0 bridgehead atoms. The van der Waals surface area contributed by atoms with Crippen LogP contribution in [0.2, 0.25) is 0 Å². The number of hydrogen-bond donors (Lipinski definition) is 0. The molecule has 0 aliphatic carbocycles. The molecule has 0 heterocycles. The molecule has 1 aromatic carbocycles. The minimum absolute atomic E-state index is 1.09. The largest absolute Gasteiger partial charge is 0.300 e. The predicted molar refractivity (Wildman–Crippen MR) is 71.7 cm³/mol. The Morgan fingerprint density at radius 2 is 1.69 bits per heavy atom. The van der Waals surface area contributed by atoms with Crippen LogP contribution in [0.4, 0.5) is 0 Å². The molecule has 0 spiro atoms. The van der Waals surface area contributed by atoms with E-state index in [2.05, 4.69) is 49.9 Å². The fourth-order valence-electron chi connectivity index (χ4n) is 1.97. The second-order valence-corrected chi connectivity index (χ2v) is 4.38. The van der Waals surface area contributed by atoms with Crippen molar-refractivity contribution in [2.45, 2.75) is 46.6 Å². The molecule has 16 heavy (non-hydrogen) atoms. The maximum Gasteiger partial charge on any atom is 0.0233 e. The standard InChI is InChI=1S/C15H25N/c1-4-7-9-14-10-8-11-15(12-14)13-16(5-2)6-3/h8,10-12H,4-7,9,13H2,1-3H3. The van der Waals surface area contributed by atoms with Gasteiger partial charge in [-0.05, 0) is 37.1 Å². The molecule has 90 valence electrons. The Balaban J connectivity index is 2.59. The molecule has 0 aromatic heterocycles. The van der Waals surface area contributed by atoms with Crippen molar-refractivity contribution in [1.82, 2.24) is 4.90 Å². The Morgan fingerprint density at radius 3 is 2.31 bits per heavy atom. The van der Waals surface area contributed by atoms with Crippen LogP contribution in [0.15, 0.2) is 24.3 Å². The molecule has 0 fully saturated rings. The molecule has 0 aliphatic rings. The summed E-state index contributed by atoms with van der Waals surface area (Å²) < 4.78 is 0. The molecule has 1 rings (SSSR count). The topological polar surface area (TPSA) is 3.24 Å². The van der Waals surface area contributed by atoms with E-state index in [1.165, 1.54) is 30.4 Å². The molecule has 0 amide bonds. The summed E-state index contributed by atoms with van der Waals surface area (Å²) in [5.41, 5.74) is 2.95. The third-order valence-corrected chi connectivity index (χ3v) is 3.11. The van der Waals surface area contributed by atoms with E-state index in [4.69, 9.17) is 0 Å². The molecule has 1 heteroatoms. The SMILES string of the molecule is CCCCc1cccc(CN(CC)CC)c1. The fraction of sp³-hybridized carbons (Fsp3) is 0.600. The maximum absolute atomic E-state index is 2.46. The van der Waals surface area contributed by atoms with Crippen molar-refractivity contribution in [2.24, 2.45) is 0 Å². The second-order valence-electron chi connectivity index (χ2n) is 4.38. The Morgan fingerprint density at radius 1 is 1.00 bits per heavy atom. The first kappa shape index (κ1) is 13.2. The second kappa shape index (κ2) is 7.45. The van der Waals surface area contributed by atoms with Gasteiger partial charge in [-0.25, -0.2) is 0 Å². The normalized spacial score (nSPS) is 11.0. The highest BCUT2D eigenvalue weighted by molar-refractivity contribution is 5.23. The summed E-state index contributed by atoms with van der Waals surface area (Å²) in [4.78, 5) is 2.46. The summed E-state index contributed by atoms with van der Waals surface area (Å²) in [6.07, 6.45) is 3.80.